The third-order valence-electron chi connectivity index (χ3n) is 2.12. The molecule has 0 amide bonds. The van der Waals surface area contributed by atoms with Gasteiger partial charge in [-0.05, 0) is 23.8 Å². The standard InChI is InChI=1S/C12H14F2OS/c1-7(2)16-6-10(15)9-5-4-8(3)11(13)12(9)14/h4-5,7H,6H2,1-3H3. The van der Waals surface area contributed by atoms with E-state index >= 15 is 0 Å². The Bertz CT molecular complexity index is 402. The number of carbonyl (C=O) groups excluding carboxylic acids is 1. The number of Topliss-reactive ketones (excluding diaryl/α,β-unsaturated/α-hetero) is 1. The van der Waals surface area contributed by atoms with E-state index in [0.717, 1.165) is 0 Å². The van der Waals surface area contributed by atoms with Crippen LogP contribution in [0.4, 0.5) is 8.78 Å². The fraction of sp³-hybridized carbons (Fsp3) is 0.417. The zero-order valence-electron chi connectivity index (χ0n) is 9.51. The molecule has 1 aromatic carbocycles. The van der Waals surface area contributed by atoms with Crippen molar-refractivity contribution < 1.29 is 13.6 Å². The number of aryl methyl sites for hydroxylation is 1. The molecule has 4 heteroatoms. The molecule has 0 aliphatic carbocycles. The summed E-state index contributed by atoms with van der Waals surface area (Å²) in [7, 11) is 0. The monoisotopic (exact) mass is 244 g/mol. The Labute approximate surface area is 98.2 Å². The smallest absolute Gasteiger partial charge is 0.175 e. The molecule has 0 saturated carbocycles. The highest BCUT2D eigenvalue weighted by molar-refractivity contribution is 8.00. The van der Waals surface area contributed by atoms with Crippen molar-refractivity contribution in [1.29, 1.82) is 0 Å². The van der Waals surface area contributed by atoms with E-state index in [2.05, 4.69) is 0 Å². The van der Waals surface area contributed by atoms with Crippen molar-refractivity contribution in [2.45, 2.75) is 26.0 Å². The number of halogens is 2. The summed E-state index contributed by atoms with van der Waals surface area (Å²) < 4.78 is 26.6. The second-order valence-electron chi connectivity index (χ2n) is 3.84. The van der Waals surface area contributed by atoms with E-state index in [0.29, 0.717) is 5.25 Å². The van der Waals surface area contributed by atoms with E-state index in [-0.39, 0.29) is 22.7 Å². The van der Waals surface area contributed by atoms with Gasteiger partial charge in [0.25, 0.3) is 0 Å². The van der Waals surface area contributed by atoms with Crippen LogP contribution >= 0.6 is 11.8 Å². The summed E-state index contributed by atoms with van der Waals surface area (Å²) in [5.41, 5.74) is 0.0572. The van der Waals surface area contributed by atoms with Crippen LogP contribution in [0.3, 0.4) is 0 Å². The maximum Gasteiger partial charge on any atom is 0.175 e. The third kappa shape index (κ3) is 3.04. The van der Waals surface area contributed by atoms with Crippen LogP contribution in [0.15, 0.2) is 12.1 Å². The average Bonchev–Trinajstić information content (AvgIpc) is 2.23. The Morgan fingerprint density at radius 1 is 1.31 bits per heavy atom. The molecule has 16 heavy (non-hydrogen) atoms. The molecule has 0 radical (unpaired) electrons. The maximum atomic E-state index is 13.4. The van der Waals surface area contributed by atoms with Crippen LogP contribution < -0.4 is 0 Å². The van der Waals surface area contributed by atoms with E-state index in [1.54, 1.807) is 0 Å². The van der Waals surface area contributed by atoms with Gasteiger partial charge in [-0.25, -0.2) is 8.78 Å². The van der Waals surface area contributed by atoms with Gasteiger partial charge in [-0.15, -0.1) is 0 Å². The molecule has 0 unspecified atom stereocenters. The largest absolute Gasteiger partial charge is 0.293 e. The number of hydrogen-bond donors (Lipinski definition) is 0. The molecule has 1 nitrogen and oxygen atoms in total. The third-order valence-corrected chi connectivity index (χ3v) is 3.22. The first-order valence-corrected chi connectivity index (χ1v) is 6.07. The minimum absolute atomic E-state index is 0.156. The minimum Gasteiger partial charge on any atom is -0.293 e. The van der Waals surface area contributed by atoms with Crippen LogP contribution in [0.5, 0.6) is 0 Å². The second-order valence-corrected chi connectivity index (χ2v) is 5.41. The molecule has 0 atom stereocenters. The van der Waals surface area contributed by atoms with Crippen LogP contribution in [-0.4, -0.2) is 16.8 Å². The van der Waals surface area contributed by atoms with Crippen LogP contribution in [0.1, 0.15) is 29.8 Å². The van der Waals surface area contributed by atoms with Crippen molar-refractivity contribution in [3.8, 4) is 0 Å². The zero-order valence-corrected chi connectivity index (χ0v) is 10.3. The number of benzene rings is 1. The normalized spacial score (nSPS) is 10.9. The summed E-state index contributed by atoms with van der Waals surface area (Å²) >= 11 is 1.41. The van der Waals surface area contributed by atoms with Crippen LogP contribution in [0.2, 0.25) is 0 Å². The molecule has 0 fully saturated rings. The zero-order chi connectivity index (χ0) is 12.3. The van der Waals surface area contributed by atoms with E-state index in [4.69, 9.17) is 0 Å². The van der Waals surface area contributed by atoms with E-state index in [1.165, 1.54) is 30.8 Å². The van der Waals surface area contributed by atoms with E-state index in [1.807, 2.05) is 13.8 Å². The molecule has 88 valence electrons. The highest BCUT2D eigenvalue weighted by Gasteiger charge is 2.17. The molecule has 0 saturated heterocycles. The van der Waals surface area contributed by atoms with Crippen LogP contribution in [-0.2, 0) is 0 Å². The molecule has 0 bridgehead atoms. The number of ketones is 1. The molecular weight excluding hydrogens is 230 g/mol. The number of rotatable bonds is 4. The molecule has 1 aromatic rings. The Morgan fingerprint density at radius 2 is 1.94 bits per heavy atom. The number of thioether (sulfide) groups is 1. The molecule has 0 aliphatic rings. The van der Waals surface area contributed by atoms with Crippen molar-refractivity contribution in [1.82, 2.24) is 0 Å². The van der Waals surface area contributed by atoms with Crippen molar-refractivity contribution in [2.24, 2.45) is 0 Å². The summed E-state index contributed by atoms with van der Waals surface area (Å²) in [5.74, 6) is -2.15. The topological polar surface area (TPSA) is 17.1 Å². The fourth-order valence-electron chi connectivity index (χ4n) is 1.18. The molecule has 0 aromatic heterocycles. The lowest BCUT2D eigenvalue weighted by Crippen LogP contribution is -2.09. The van der Waals surface area contributed by atoms with Gasteiger partial charge in [-0.1, -0.05) is 19.9 Å². The summed E-state index contributed by atoms with van der Waals surface area (Å²) in [6.07, 6.45) is 0. The first-order chi connectivity index (χ1) is 7.43. The van der Waals surface area contributed by atoms with Gasteiger partial charge in [0.1, 0.15) is 0 Å². The van der Waals surface area contributed by atoms with Crippen LogP contribution in [0.25, 0.3) is 0 Å². The summed E-state index contributed by atoms with van der Waals surface area (Å²) in [6, 6.07) is 2.77. The quantitative estimate of drug-likeness (QED) is 0.753. The fourth-order valence-corrected chi connectivity index (χ4v) is 1.82. The molecule has 1 rings (SSSR count). The molecular formula is C12H14F2OS. The molecule has 0 aliphatic heterocycles. The lowest BCUT2D eigenvalue weighted by atomic mass is 10.1. The lowest BCUT2D eigenvalue weighted by Gasteiger charge is -2.06. The van der Waals surface area contributed by atoms with E-state index < -0.39 is 11.6 Å². The first-order valence-electron chi connectivity index (χ1n) is 5.03. The van der Waals surface area contributed by atoms with Gasteiger partial charge in [0, 0.05) is 0 Å². The number of hydrogen-bond acceptors (Lipinski definition) is 2. The second kappa shape index (κ2) is 5.43. The average molecular weight is 244 g/mol. The van der Waals surface area contributed by atoms with Gasteiger partial charge in [0.05, 0.1) is 11.3 Å². The lowest BCUT2D eigenvalue weighted by molar-refractivity contribution is 0.101. The molecule has 0 N–H and O–H groups in total. The Hall–Kier alpha value is -0.900. The molecule has 0 heterocycles. The van der Waals surface area contributed by atoms with Gasteiger partial charge in [0.15, 0.2) is 17.4 Å². The maximum absolute atomic E-state index is 13.4. The van der Waals surface area contributed by atoms with Crippen LogP contribution in [0, 0.1) is 18.6 Å². The van der Waals surface area contributed by atoms with Gasteiger partial charge < -0.3 is 0 Å². The highest BCUT2D eigenvalue weighted by Crippen LogP contribution is 2.18. The van der Waals surface area contributed by atoms with E-state index in [9.17, 15) is 13.6 Å². The van der Waals surface area contributed by atoms with Crippen molar-refractivity contribution >= 4 is 17.5 Å². The summed E-state index contributed by atoms with van der Waals surface area (Å²) in [4.78, 5) is 11.6. The van der Waals surface area contributed by atoms with Gasteiger partial charge >= 0.3 is 0 Å². The first kappa shape index (κ1) is 13.2. The van der Waals surface area contributed by atoms with Gasteiger partial charge in [-0.3, -0.25) is 4.79 Å². The minimum atomic E-state index is -1.03. The predicted molar refractivity (Wildman–Crippen MR) is 63.0 cm³/mol. The predicted octanol–water partition coefficient (Wildman–Crippen LogP) is 3.60. The van der Waals surface area contributed by atoms with Crippen molar-refractivity contribution in [3.05, 3.63) is 34.9 Å². The SMILES string of the molecule is Cc1ccc(C(=O)CSC(C)C)c(F)c1F. The van der Waals surface area contributed by atoms with Crippen molar-refractivity contribution in [3.63, 3.8) is 0 Å². The van der Waals surface area contributed by atoms with Gasteiger partial charge in [0.2, 0.25) is 0 Å². The Balaban J connectivity index is 2.88. The summed E-state index contributed by atoms with van der Waals surface area (Å²) in [6.45, 7) is 5.36. The van der Waals surface area contributed by atoms with Crippen molar-refractivity contribution in [2.75, 3.05) is 5.75 Å². The summed E-state index contributed by atoms with van der Waals surface area (Å²) in [5, 5.41) is 0.294. The number of carbonyl (C=O) groups is 1. The Morgan fingerprint density at radius 3 is 2.50 bits per heavy atom. The Kier molecular flexibility index (Phi) is 4.47. The van der Waals surface area contributed by atoms with Gasteiger partial charge in [-0.2, -0.15) is 11.8 Å². The highest BCUT2D eigenvalue weighted by atomic mass is 32.2. The molecule has 0 spiro atoms.